The number of carbonyl (C=O) groups is 3. The Morgan fingerprint density at radius 3 is 2.10 bits per heavy atom. The highest BCUT2D eigenvalue weighted by molar-refractivity contribution is 5.92. The number of carboxylic acid groups (broad SMARTS) is 1. The molecule has 0 aromatic heterocycles. The van der Waals surface area contributed by atoms with Gasteiger partial charge in [-0.3, -0.25) is 9.59 Å². The number of phenols is 2. The third kappa shape index (κ3) is 8.72. The molecule has 4 bridgehead atoms. The molecule has 0 saturated carbocycles. The van der Waals surface area contributed by atoms with Crippen molar-refractivity contribution < 1.29 is 29.7 Å². The summed E-state index contributed by atoms with van der Waals surface area (Å²) in [5.74, 6) is -2.04. The number of hydrogen-bond acceptors (Lipinski definition) is 7. The average Bonchev–Trinajstić information content (AvgIpc) is 2.87. The number of aromatic hydroxyl groups is 2. The summed E-state index contributed by atoms with van der Waals surface area (Å²) in [6.07, 6.45) is 0.695. The summed E-state index contributed by atoms with van der Waals surface area (Å²) in [6, 6.07) is 6.88. The van der Waals surface area contributed by atoms with E-state index in [9.17, 15) is 29.7 Å². The zero-order valence-corrected chi connectivity index (χ0v) is 24.6. The van der Waals surface area contributed by atoms with Crippen LogP contribution in [0.5, 0.6) is 11.5 Å². The van der Waals surface area contributed by atoms with E-state index in [1.54, 1.807) is 30.3 Å². The minimum Gasteiger partial charge on any atom is -0.508 e. The second kappa shape index (κ2) is 15.7. The number of aliphatic carboxylic acids is 1. The number of rotatable bonds is 7. The molecule has 3 atom stereocenters. The molecular weight excluding hydrogens is 559 g/mol. The number of fused-ring (bicyclic) bond motifs is 5. The number of hydrogen-bond donors (Lipinski definition) is 6. The van der Waals surface area contributed by atoms with E-state index >= 15 is 0 Å². The number of phenolic OH excluding ortho intramolecular Hbond substituents is 2. The quantitative estimate of drug-likeness (QED) is 0.283. The van der Waals surface area contributed by atoms with Gasteiger partial charge in [-0.05, 0) is 78.4 Å². The highest BCUT2D eigenvalue weighted by atomic mass is 35.5. The molecule has 1 aliphatic rings. The molecule has 1 heterocycles. The molecule has 3 rings (SSSR count). The Morgan fingerprint density at radius 1 is 1.05 bits per heavy atom. The van der Waals surface area contributed by atoms with Crippen molar-refractivity contribution >= 4 is 42.6 Å². The lowest BCUT2D eigenvalue weighted by Crippen LogP contribution is -2.56. The topological polar surface area (TPSA) is 165 Å². The number of likely N-dealkylation sites (N-methyl/N-ethyl adjacent to an activating group) is 1. The van der Waals surface area contributed by atoms with Crippen LogP contribution in [-0.2, 0) is 27.2 Å². The van der Waals surface area contributed by atoms with Crippen molar-refractivity contribution in [1.29, 1.82) is 0 Å². The van der Waals surface area contributed by atoms with Gasteiger partial charge in [-0.2, -0.15) is 0 Å². The highest BCUT2D eigenvalue weighted by Gasteiger charge is 2.34. The predicted octanol–water partition coefficient (Wildman–Crippen LogP) is 2.46. The van der Waals surface area contributed by atoms with Crippen LogP contribution < -0.4 is 16.4 Å². The number of nitrogens with zero attached hydrogens (tertiary/aromatic N) is 1. The Labute approximate surface area is 247 Å². The Balaban J connectivity index is 0.00000400. The molecule has 1 aliphatic heterocycles. The van der Waals surface area contributed by atoms with E-state index < -0.39 is 35.9 Å². The van der Waals surface area contributed by atoms with E-state index in [-0.39, 0.29) is 61.5 Å². The van der Waals surface area contributed by atoms with Crippen molar-refractivity contribution in [3.8, 4) is 22.6 Å². The van der Waals surface area contributed by atoms with Gasteiger partial charge in [0.2, 0.25) is 11.8 Å². The summed E-state index contributed by atoms with van der Waals surface area (Å²) in [5, 5.41) is 37.2. The van der Waals surface area contributed by atoms with Gasteiger partial charge in [0.15, 0.2) is 0 Å². The molecule has 2 amide bonds. The van der Waals surface area contributed by atoms with E-state index in [1.807, 2.05) is 13.8 Å². The fraction of sp³-hybridized carbons (Fsp3) is 0.464. The maximum Gasteiger partial charge on any atom is 0.326 e. The first-order valence-corrected chi connectivity index (χ1v) is 12.9. The van der Waals surface area contributed by atoms with Crippen LogP contribution in [0.2, 0.25) is 0 Å². The van der Waals surface area contributed by atoms with Crippen molar-refractivity contribution in [3.05, 3.63) is 47.5 Å². The number of amides is 2. The number of halogens is 2. The third-order valence-electron chi connectivity index (χ3n) is 6.83. The summed E-state index contributed by atoms with van der Waals surface area (Å²) in [6.45, 7) is 4.84. The standard InChI is InChI=1S/C28H38N4O6.2ClH/c1-16(2)15-30-22-13-19-11-17(6-8-24(19)33)18-7-9-25(34)20(12-18)14-23(28(37)38)32(3)27(36)21(5-4-10-29)31-26(22)35;;/h6-9,11-12,16,21-23,30,33-34H,4-5,10,13-15,29H2,1-3H3,(H,31,35)(H,37,38);2*1H/t21-,22-,23-;;/m0../s1. The molecule has 222 valence electrons. The number of carboxylic acids is 1. The summed E-state index contributed by atoms with van der Waals surface area (Å²) in [4.78, 5) is 40.4. The van der Waals surface area contributed by atoms with Gasteiger partial charge in [-0.1, -0.05) is 26.0 Å². The van der Waals surface area contributed by atoms with Gasteiger partial charge in [0.05, 0.1) is 6.04 Å². The van der Waals surface area contributed by atoms with Crippen molar-refractivity contribution in [2.45, 2.75) is 57.7 Å². The monoisotopic (exact) mass is 598 g/mol. The first kappa shape index (κ1) is 35.0. The molecular formula is C28H40Cl2N4O6. The first-order valence-electron chi connectivity index (χ1n) is 12.9. The molecule has 40 heavy (non-hydrogen) atoms. The molecule has 7 N–H and O–H groups in total. The van der Waals surface area contributed by atoms with Gasteiger partial charge in [-0.25, -0.2) is 4.79 Å². The molecule has 0 aliphatic carbocycles. The van der Waals surface area contributed by atoms with E-state index in [4.69, 9.17) is 5.73 Å². The van der Waals surface area contributed by atoms with Crippen molar-refractivity contribution in [2.24, 2.45) is 11.7 Å². The molecule has 0 spiro atoms. The molecule has 0 saturated heterocycles. The number of nitrogens with one attached hydrogen (secondary N) is 2. The maximum absolute atomic E-state index is 13.5. The number of benzene rings is 2. The van der Waals surface area contributed by atoms with E-state index in [0.717, 1.165) is 10.5 Å². The van der Waals surface area contributed by atoms with Crippen LogP contribution >= 0.6 is 24.8 Å². The average molecular weight is 600 g/mol. The van der Waals surface area contributed by atoms with E-state index in [2.05, 4.69) is 10.6 Å². The minimum atomic E-state index is -1.28. The van der Waals surface area contributed by atoms with Crippen LogP contribution in [-0.4, -0.2) is 76.3 Å². The lowest BCUT2D eigenvalue weighted by atomic mass is 9.95. The maximum atomic E-state index is 13.5. The minimum absolute atomic E-state index is 0. The molecule has 0 fully saturated rings. The van der Waals surface area contributed by atoms with Crippen molar-refractivity contribution in [1.82, 2.24) is 15.5 Å². The first-order chi connectivity index (χ1) is 18.0. The normalized spacial score (nSPS) is 19.5. The van der Waals surface area contributed by atoms with Gasteiger partial charge in [0.1, 0.15) is 23.6 Å². The fourth-order valence-corrected chi connectivity index (χ4v) is 4.56. The molecule has 10 nitrogen and oxygen atoms in total. The second-order valence-corrected chi connectivity index (χ2v) is 10.2. The Morgan fingerprint density at radius 2 is 1.60 bits per heavy atom. The molecule has 0 unspecified atom stereocenters. The summed E-state index contributed by atoms with van der Waals surface area (Å²) >= 11 is 0. The summed E-state index contributed by atoms with van der Waals surface area (Å²) in [7, 11) is 1.39. The van der Waals surface area contributed by atoms with E-state index in [1.165, 1.54) is 13.1 Å². The van der Waals surface area contributed by atoms with Gasteiger partial charge >= 0.3 is 5.97 Å². The molecule has 2 aromatic rings. The second-order valence-electron chi connectivity index (χ2n) is 10.2. The van der Waals surface area contributed by atoms with E-state index in [0.29, 0.717) is 36.2 Å². The van der Waals surface area contributed by atoms with Crippen LogP contribution in [0.4, 0.5) is 0 Å². The lowest BCUT2D eigenvalue weighted by Gasteiger charge is -2.30. The predicted molar refractivity (Wildman–Crippen MR) is 158 cm³/mol. The third-order valence-corrected chi connectivity index (χ3v) is 6.83. The van der Waals surface area contributed by atoms with Gasteiger partial charge in [0.25, 0.3) is 0 Å². The lowest BCUT2D eigenvalue weighted by molar-refractivity contribution is -0.150. The van der Waals surface area contributed by atoms with Crippen LogP contribution in [0.1, 0.15) is 37.8 Å². The van der Waals surface area contributed by atoms with Crippen molar-refractivity contribution in [3.63, 3.8) is 0 Å². The largest absolute Gasteiger partial charge is 0.508 e. The fourth-order valence-electron chi connectivity index (χ4n) is 4.56. The SMILES string of the molecule is CC(C)CN[C@H]1Cc2cc(ccc2O)-c2ccc(O)c(c2)C[C@@H](C(=O)O)N(C)C(=O)[C@H](CCCN)NC1=O.Cl.Cl. The summed E-state index contributed by atoms with van der Waals surface area (Å²) in [5.41, 5.74) is 8.00. The molecule has 12 heteroatoms. The summed E-state index contributed by atoms with van der Waals surface area (Å²) < 4.78 is 0. The Bertz CT molecular complexity index is 1180. The van der Waals surface area contributed by atoms with Crippen molar-refractivity contribution in [2.75, 3.05) is 20.1 Å². The molecule has 0 radical (unpaired) electrons. The number of nitrogens with two attached hydrogens (primary N) is 1. The zero-order chi connectivity index (χ0) is 28.0. The Kier molecular flexibility index (Phi) is 13.7. The van der Waals surface area contributed by atoms with Crippen LogP contribution in [0.25, 0.3) is 11.1 Å². The Hall–Kier alpha value is -3.05. The zero-order valence-electron chi connectivity index (χ0n) is 22.9. The number of carbonyl (C=O) groups excluding carboxylic acids is 2. The highest BCUT2D eigenvalue weighted by Crippen LogP contribution is 2.31. The van der Waals surface area contributed by atoms with Crippen LogP contribution in [0.3, 0.4) is 0 Å². The smallest absolute Gasteiger partial charge is 0.326 e. The van der Waals surface area contributed by atoms with Gasteiger partial charge < -0.3 is 36.6 Å². The van der Waals surface area contributed by atoms with Crippen LogP contribution in [0.15, 0.2) is 36.4 Å². The van der Waals surface area contributed by atoms with Gasteiger partial charge in [0, 0.05) is 19.9 Å². The van der Waals surface area contributed by atoms with Crippen LogP contribution in [0, 0.1) is 5.92 Å². The molecule has 2 aromatic carbocycles. The van der Waals surface area contributed by atoms with Gasteiger partial charge in [-0.15, -0.1) is 24.8 Å².